The standard InChI is InChI=1S/C16H13Cl3N2O4/c1-24-13-3-2-8(17)6-12(13)21-14(22)7-25-16(23)10-4-9(18)5-11(19)15(10)20/h2-6H,7,20H2,1H3,(H,21,22). The van der Waals surface area contributed by atoms with Gasteiger partial charge in [-0.25, -0.2) is 4.79 Å². The van der Waals surface area contributed by atoms with Gasteiger partial charge in [0.1, 0.15) is 5.75 Å². The summed E-state index contributed by atoms with van der Waals surface area (Å²) in [6, 6.07) is 7.42. The molecule has 0 atom stereocenters. The first-order valence-electron chi connectivity index (χ1n) is 6.87. The van der Waals surface area contributed by atoms with E-state index in [0.29, 0.717) is 16.5 Å². The normalized spacial score (nSPS) is 10.2. The topological polar surface area (TPSA) is 90.6 Å². The number of nitrogens with two attached hydrogens (primary N) is 1. The summed E-state index contributed by atoms with van der Waals surface area (Å²) in [7, 11) is 1.45. The van der Waals surface area contributed by atoms with E-state index < -0.39 is 18.5 Å². The van der Waals surface area contributed by atoms with E-state index >= 15 is 0 Å². The minimum absolute atomic E-state index is 0.0213. The molecule has 0 saturated heterocycles. The van der Waals surface area contributed by atoms with Gasteiger partial charge in [-0.2, -0.15) is 0 Å². The molecule has 0 aliphatic heterocycles. The third-order valence-corrected chi connectivity index (χ3v) is 3.85. The highest BCUT2D eigenvalue weighted by Crippen LogP contribution is 2.29. The molecule has 0 radical (unpaired) electrons. The largest absolute Gasteiger partial charge is 0.495 e. The van der Waals surface area contributed by atoms with Gasteiger partial charge in [0, 0.05) is 10.0 Å². The number of hydrogen-bond acceptors (Lipinski definition) is 5. The molecule has 0 unspecified atom stereocenters. The molecule has 3 N–H and O–H groups in total. The predicted molar refractivity (Wildman–Crippen MR) is 97.8 cm³/mol. The van der Waals surface area contributed by atoms with Crippen molar-refractivity contribution in [2.24, 2.45) is 0 Å². The Hall–Kier alpha value is -2.15. The molecule has 0 saturated carbocycles. The molecule has 9 heteroatoms. The number of carbonyl (C=O) groups is 2. The molecule has 0 aliphatic rings. The number of amides is 1. The highest BCUT2D eigenvalue weighted by molar-refractivity contribution is 6.37. The number of ether oxygens (including phenoxy) is 2. The van der Waals surface area contributed by atoms with Gasteiger partial charge >= 0.3 is 5.97 Å². The van der Waals surface area contributed by atoms with Crippen LogP contribution in [0.3, 0.4) is 0 Å². The SMILES string of the molecule is COc1ccc(Cl)cc1NC(=O)COC(=O)c1cc(Cl)cc(Cl)c1N. The van der Waals surface area contributed by atoms with E-state index in [1.807, 2.05) is 0 Å². The Morgan fingerprint density at radius 3 is 2.52 bits per heavy atom. The van der Waals surface area contributed by atoms with Gasteiger partial charge in [-0.1, -0.05) is 34.8 Å². The summed E-state index contributed by atoms with van der Waals surface area (Å²) in [4.78, 5) is 24.0. The van der Waals surface area contributed by atoms with Crippen LogP contribution in [0.4, 0.5) is 11.4 Å². The van der Waals surface area contributed by atoms with E-state index in [-0.39, 0.29) is 21.3 Å². The summed E-state index contributed by atoms with van der Waals surface area (Å²) < 4.78 is 10.0. The van der Waals surface area contributed by atoms with E-state index in [1.54, 1.807) is 12.1 Å². The molecule has 25 heavy (non-hydrogen) atoms. The highest BCUT2D eigenvalue weighted by Gasteiger charge is 2.17. The minimum atomic E-state index is -0.824. The lowest BCUT2D eigenvalue weighted by molar-refractivity contribution is -0.119. The van der Waals surface area contributed by atoms with Gasteiger partial charge in [0.15, 0.2) is 6.61 Å². The molecule has 0 bridgehead atoms. The van der Waals surface area contributed by atoms with Gasteiger partial charge in [-0.05, 0) is 30.3 Å². The Labute approximate surface area is 158 Å². The first kappa shape index (κ1) is 19.2. The maximum atomic E-state index is 12.1. The summed E-state index contributed by atoms with van der Waals surface area (Å²) in [5.74, 6) is -0.995. The van der Waals surface area contributed by atoms with Crippen molar-refractivity contribution in [3.63, 3.8) is 0 Å². The van der Waals surface area contributed by atoms with E-state index in [1.165, 1.54) is 25.3 Å². The summed E-state index contributed by atoms with van der Waals surface area (Å²) in [6.45, 7) is -0.544. The summed E-state index contributed by atoms with van der Waals surface area (Å²) in [6.07, 6.45) is 0. The monoisotopic (exact) mass is 402 g/mol. The summed E-state index contributed by atoms with van der Waals surface area (Å²) in [5.41, 5.74) is 6.06. The number of benzene rings is 2. The van der Waals surface area contributed by atoms with Crippen LogP contribution in [0, 0.1) is 0 Å². The quantitative estimate of drug-likeness (QED) is 0.581. The zero-order valence-electron chi connectivity index (χ0n) is 12.9. The second-order valence-corrected chi connectivity index (χ2v) is 6.10. The Kier molecular flexibility index (Phi) is 6.36. The van der Waals surface area contributed by atoms with Crippen molar-refractivity contribution in [1.82, 2.24) is 0 Å². The van der Waals surface area contributed by atoms with Crippen molar-refractivity contribution >= 4 is 58.1 Å². The van der Waals surface area contributed by atoms with Crippen LogP contribution < -0.4 is 15.8 Å². The van der Waals surface area contributed by atoms with Crippen molar-refractivity contribution in [2.45, 2.75) is 0 Å². The van der Waals surface area contributed by atoms with E-state index in [4.69, 9.17) is 50.0 Å². The third kappa shape index (κ3) is 4.92. The van der Waals surface area contributed by atoms with Gasteiger partial charge in [0.2, 0.25) is 0 Å². The van der Waals surface area contributed by atoms with E-state index in [9.17, 15) is 9.59 Å². The predicted octanol–water partition coefficient (Wildman–Crippen LogP) is 4.03. The summed E-state index contributed by atoms with van der Waals surface area (Å²) in [5, 5.41) is 3.29. The Bertz CT molecular complexity index is 827. The van der Waals surface area contributed by atoms with Gasteiger partial charge in [-0.3, -0.25) is 4.79 Å². The highest BCUT2D eigenvalue weighted by atomic mass is 35.5. The number of rotatable bonds is 5. The average molecular weight is 404 g/mol. The molecule has 1 amide bonds. The molecular formula is C16H13Cl3N2O4. The van der Waals surface area contributed by atoms with Crippen molar-refractivity contribution < 1.29 is 19.1 Å². The molecule has 0 fully saturated rings. The number of anilines is 2. The lowest BCUT2D eigenvalue weighted by Crippen LogP contribution is -2.21. The number of methoxy groups -OCH3 is 1. The fourth-order valence-corrected chi connectivity index (χ4v) is 2.59. The van der Waals surface area contributed by atoms with Crippen LogP contribution in [-0.4, -0.2) is 25.6 Å². The number of nitrogen functional groups attached to an aromatic ring is 1. The van der Waals surface area contributed by atoms with Crippen LogP contribution in [0.25, 0.3) is 0 Å². The van der Waals surface area contributed by atoms with E-state index in [2.05, 4.69) is 5.32 Å². The fraction of sp³-hybridized carbons (Fsp3) is 0.125. The molecule has 2 rings (SSSR count). The van der Waals surface area contributed by atoms with Crippen LogP contribution in [0.15, 0.2) is 30.3 Å². The molecular weight excluding hydrogens is 391 g/mol. The Morgan fingerprint density at radius 2 is 1.84 bits per heavy atom. The van der Waals surface area contributed by atoms with Gasteiger partial charge in [0.05, 0.1) is 29.1 Å². The van der Waals surface area contributed by atoms with Gasteiger partial charge < -0.3 is 20.5 Å². The van der Waals surface area contributed by atoms with E-state index in [0.717, 1.165) is 0 Å². The average Bonchev–Trinajstić information content (AvgIpc) is 2.56. The maximum Gasteiger partial charge on any atom is 0.340 e. The fourth-order valence-electron chi connectivity index (χ4n) is 1.93. The molecule has 6 nitrogen and oxygen atoms in total. The van der Waals surface area contributed by atoms with Crippen LogP contribution in [-0.2, 0) is 9.53 Å². The van der Waals surface area contributed by atoms with Crippen LogP contribution in [0.1, 0.15) is 10.4 Å². The number of halogens is 3. The first-order chi connectivity index (χ1) is 11.8. The van der Waals surface area contributed by atoms with Crippen molar-refractivity contribution in [2.75, 3.05) is 24.8 Å². The second-order valence-electron chi connectivity index (χ2n) is 4.82. The molecule has 2 aromatic carbocycles. The number of nitrogens with one attached hydrogen (secondary N) is 1. The molecule has 2 aromatic rings. The van der Waals surface area contributed by atoms with Crippen LogP contribution >= 0.6 is 34.8 Å². The maximum absolute atomic E-state index is 12.1. The lowest BCUT2D eigenvalue weighted by Gasteiger charge is -2.11. The number of hydrogen-bond donors (Lipinski definition) is 2. The zero-order valence-corrected chi connectivity index (χ0v) is 15.2. The Balaban J connectivity index is 2.03. The van der Waals surface area contributed by atoms with Crippen molar-refractivity contribution in [3.8, 4) is 5.75 Å². The lowest BCUT2D eigenvalue weighted by atomic mass is 10.2. The molecule has 0 aliphatic carbocycles. The zero-order chi connectivity index (χ0) is 18.6. The minimum Gasteiger partial charge on any atom is -0.495 e. The van der Waals surface area contributed by atoms with Crippen molar-refractivity contribution in [3.05, 3.63) is 51.0 Å². The smallest absolute Gasteiger partial charge is 0.340 e. The molecule has 0 spiro atoms. The van der Waals surface area contributed by atoms with Crippen LogP contribution in [0.2, 0.25) is 15.1 Å². The molecule has 132 valence electrons. The Morgan fingerprint density at radius 1 is 1.12 bits per heavy atom. The summed E-state index contributed by atoms with van der Waals surface area (Å²) >= 11 is 17.6. The first-order valence-corrected chi connectivity index (χ1v) is 8.00. The molecule has 0 aromatic heterocycles. The van der Waals surface area contributed by atoms with Gasteiger partial charge in [-0.15, -0.1) is 0 Å². The number of esters is 1. The molecule has 0 heterocycles. The van der Waals surface area contributed by atoms with Crippen molar-refractivity contribution in [1.29, 1.82) is 0 Å². The van der Waals surface area contributed by atoms with Gasteiger partial charge in [0.25, 0.3) is 5.91 Å². The number of carbonyl (C=O) groups excluding carboxylic acids is 2. The second kappa shape index (κ2) is 8.29. The van der Waals surface area contributed by atoms with Crippen LogP contribution in [0.5, 0.6) is 5.75 Å². The third-order valence-electron chi connectivity index (χ3n) is 3.08.